The van der Waals surface area contributed by atoms with Crippen LogP contribution in [0, 0.1) is 5.92 Å². The predicted octanol–water partition coefficient (Wildman–Crippen LogP) is 3.58. The molecule has 1 aromatic carbocycles. The number of hydrogen-bond donors (Lipinski definition) is 2. The molecule has 1 saturated heterocycles. The Hall–Kier alpha value is -0.680. The van der Waals surface area contributed by atoms with E-state index in [0.717, 1.165) is 30.9 Å². The molecular weight excluding hydrogens is 345 g/mol. The molecule has 22 heavy (non-hydrogen) atoms. The fourth-order valence-corrected chi connectivity index (χ4v) is 2.68. The van der Waals surface area contributed by atoms with E-state index in [1.165, 1.54) is 6.42 Å². The molecule has 1 heterocycles. The molecule has 1 atom stereocenters. The van der Waals surface area contributed by atoms with E-state index < -0.39 is 0 Å². The van der Waals surface area contributed by atoms with Crippen LogP contribution < -0.4 is 15.5 Å². The van der Waals surface area contributed by atoms with Gasteiger partial charge in [0, 0.05) is 25.5 Å². The molecule has 2 N–H and O–H groups in total. The quantitative estimate of drug-likeness (QED) is 0.835. The molecule has 0 aromatic heterocycles. The van der Waals surface area contributed by atoms with E-state index in [9.17, 15) is 4.79 Å². The number of amides is 1. The zero-order valence-corrected chi connectivity index (χ0v) is 15.3. The summed E-state index contributed by atoms with van der Waals surface area (Å²) >= 11 is 6.01. The van der Waals surface area contributed by atoms with Crippen molar-refractivity contribution in [1.29, 1.82) is 0 Å². The van der Waals surface area contributed by atoms with Crippen molar-refractivity contribution in [3.8, 4) is 0 Å². The molecule has 0 radical (unpaired) electrons. The number of carbonyl (C=O) groups excluding carboxylic acids is 1. The Morgan fingerprint density at radius 2 is 2.14 bits per heavy atom. The average molecular weight is 369 g/mol. The molecule has 4 nitrogen and oxygen atoms in total. The molecule has 1 aromatic rings. The van der Waals surface area contributed by atoms with Gasteiger partial charge in [-0.25, -0.2) is 0 Å². The highest BCUT2D eigenvalue weighted by atomic mass is 35.5. The summed E-state index contributed by atoms with van der Waals surface area (Å²) in [6.07, 6.45) is 2.68. The number of nitrogens with one attached hydrogen (secondary N) is 2. The lowest BCUT2D eigenvalue weighted by Gasteiger charge is -2.18. The molecule has 0 spiro atoms. The Morgan fingerprint density at radius 1 is 1.41 bits per heavy atom. The third-order valence-corrected chi connectivity index (χ3v) is 3.89. The third-order valence-electron chi connectivity index (χ3n) is 3.66. The first-order valence-corrected chi connectivity index (χ1v) is 7.41. The first kappa shape index (κ1) is 21.3. The third kappa shape index (κ3) is 6.21. The number of carbonyl (C=O) groups is 1. The minimum absolute atomic E-state index is 0. The van der Waals surface area contributed by atoms with Crippen LogP contribution >= 0.6 is 36.4 Å². The standard InChI is InChI=1S/C15H22ClN3O.2ClH/c1-19(2)14-5-4-12(16)9-13(14)18-15(20)6-3-11-7-8-17-10-11;;/h4-5,9,11,17H,3,6-8,10H2,1-2H3,(H,18,20);2*1H. The molecule has 1 amide bonds. The Balaban J connectivity index is 0.00000220. The van der Waals surface area contributed by atoms with Crippen LogP contribution in [0.1, 0.15) is 19.3 Å². The Bertz CT molecular complexity index is 477. The van der Waals surface area contributed by atoms with Crippen molar-refractivity contribution >= 4 is 53.7 Å². The zero-order valence-electron chi connectivity index (χ0n) is 12.9. The van der Waals surface area contributed by atoms with Gasteiger partial charge in [-0.3, -0.25) is 4.79 Å². The number of hydrogen-bond acceptors (Lipinski definition) is 3. The number of anilines is 2. The van der Waals surface area contributed by atoms with Crippen molar-refractivity contribution in [2.24, 2.45) is 5.92 Å². The zero-order chi connectivity index (χ0) is 14.5. The minimum atomic E-state index is 0. The van der Waals surface area contributed by atoms with Crippen molar-refractivity contribution in [3.05, 3.63) is 23.2 Å². The van der Waals surface area contributed by atoms with E-state index in [1.807, 2.05) is 31.1 Å². The maximum Gasteiger partial charge on any atom is 0.224 e. The number of halogens is 3. The van der Waals surface area contributed by atoms with Crippen LogP contribution in [0.25, 0.3) is 0 Å². The van der Waals surface area contributed by atoms with Crippen molar-refractivity contribution in [2.45, 2.75) is 19.3 Å². The topological polar surface area (TPSA) is 44.4 Å². The smallest absolute Gasteiger partial charge is 0.224 e. The molecule has 2 rings (SSSR count). The first-order chi connectivity index (χ1) is 9.56. The number of rotatable bonds is 5. The second kappa shape index (κ2) is 10.2. The molecule has 0 saturated carbocycles. The van der Waals surface area contributed by atoms with Crippen LogP contribution in [0.3, 0.4) is 0 Å². The molecule has 7 heteroatoms. The van der Waals surface area contributed by atoms with E-state index in [-0.39, 0.29) is 30.7 Å². The predicted molar refractivity (Wildman–Crippen MR) is 99.1 cm³/mol. The molecule has 0 bridgehead atoms. The number of nitrogens with zero attached hydrogens (tertiary/aromatic N) is 1. The highest BCUT2D eigenvalue weighted by Crippen LogP contribution is 2.28. The Morgan fingerprint density at radius 3 is 2.73 bits per heavy atom. The van der Waals surface area contributed by atoms with Crippen molar-refractivity contribution < 1.29 is 4.79 Å². The van der Waals surface area contributed by atoms with Gasteiger partial charge < -0.3 is 15.5 Å². The monoisotopic (exact) mass is 367 g/mol. The van der Waals surface area contributed by atoms with Gasteiger partial charge in [-0.05, 0) is 50.0 Å². The summed E-state index contributed by atoms with van der Waals surface area (Å²) < 4.78 is 0. The average Bonchev–Trinajstić information content (AvgIpc) is 2.89. The summed E-state index contributed by atoms with van der Waals surface area (Å²) in [6.45, 7) is 2.11. The molecule has 1 fully saturated rings. The molecule has 0 aliphatic carbocycles. The van der Waals surface area contributed by atoms with E-state index in [2.05, 4.69) is 10.6 Å². The van der Waals surface area contributed by atoms with Gasteiger partial charge in [0.25, 0.3) is 0 Å². The lowest BCUT2D eigenvalue weighted by atomic mass is 10.0. The van der Waals surface area contributed by atoms with Crippen LogP contribution in [0.4, 0.5) is 11.4 Å². The van der Waals surface area contributed by atoms with E-state index >= 15 is 0 Å². The van der Waals surface area contributed by atoms with Crippen molar-refractivity contribution in [1.82, 2.24) is 5.32 Å². The second-order valence-corrected chi connectivity index (χ2v) is 5.94. The van der Waals surface area contributed by atoms with Gasteiger partial charge in [0.05, 0.1) is 11.4 Å². The summed E-state index contributed by atoms with van der Waals surface area (Å²) in [4.78, 5) is 14.0. The van der Waals surface area contributed by atoms with E-state index in [1.54, 1.807) is 6.07 Å². The van der Waals surface area contributed by atoms with Crippen LogP contribution in [-0.4, -0.2) is 33.1 Å². The van der Waals surface area contributed by atoms with E-state index in [0.29, 0.717) is 17.4 Å². The Labute approximate surface area is 149 Å². The molecule has 1 aliphatic heterocycles. The minimum Gasteiger partial charge on any atom is -0.376 e. The van der Waals surface area contributed by atoms with Crippen LogP contribution in [0.2, 0.25) is 5.02 Å². The van der Waals surface area contributed by atoms with Crippen molar-refractivity contribution in [2.75, 3.05) is 37.4 Å². The van der Waals surface area contributed by atoms with Gasteiger partial charge in [-0.15, -0.1) is 24.8 Å². The summed E-state index contributed by atoms with van der Waals surface area (Å²) in [5.41, 5.74) is 1.74. The van der Waals surface area contributed by atoms with Gasteiger partial charge in [0.2, 0.25) is 5.91 Å². The molecule has 1 aliphatic rings. The van der Waals surface area contributed by atoms with Crippen molar-refractivity contribution in [3.63, 3.8) is 0 Å². The number of benzene rings is 1. The Kier molecular flexibility index (Phi) is 9.85. The summed E-state index contributed by atoms with van der Waals surface area (Å²) in [5.74, 6) is 0.690. The van der Waals surface area contributed by atoms with Gasteiger partial charge in [0.1, 0.15) is 0 Å². The van der Waals surface area contributed by atoms with E-state index in [4.69, 9.17) is 11.6 Å². The summed E-state index contributed by atoms with van der Waals surface area (Å²) in [5, 5.41) is 6.92. The SMILES string of the molecule is CN(C)c1ccc(Cl)cc1NC(=O)CCC1CCNC1.Cl.Cl. The molecule has 126 valence electrons. The molecule has 1 unspecified atom stereocenters. The fraction of sp³-hybridized carbons (Fsp3) is 0.533. The fourth-order valence-electron chi connectivity index (χ4n) is 2.51. The highest BCUT2D eigenvalue weighted by Gasteiger charge is 2.16. The summed E-state index contributed by atoms with van der Waals surface area (Å²) in [7, 11) is 3.90. The largest absolute Gasteiger partial charge is 0.376 e. The lowest BCUT2D eigenvalue weighted by Crippen LogP contribution is -2.18. The maximum absolute atomic E-state index is 12.1. The van der Waals surface area contributed by atoms with Crippen LogP contribution in [-0.2, 0) is 4.79 Å². The maximum atomic E-state index is 12.1. The van der Waals surface area contributed by atoms with Gasteiger partial charge in [-0.2, -0.15) is 0 Å². The normalized spacial score (nSPS) is 16.4. The summed E-state index contributed by atoms with van der Waals surface area (Å²) in [6, 6.07) is 5.54. The van der Waals surface area contributed by atoms with Gasteiger partial charge in [-0.1, -0.05) is 11.6 Å². The van der Waals surface area contributed by atoms with Crippen LogP contribution in [0.5, 0.6) is 0 Å². The van der Waals surface area contributed by atoms with Gasteiger partial charge in [0.15, 0.2) is 0 Å². The van der Waals surface area contributed by atoms with Crippen LogP contribution in [0.15, 0.2) is 18.2 Å². The first-order valence-electron chi connectivity index (χ1n) is 7.03. The lowest BCUT2D eigenvalue weighted by molar-refractivity contribution is -0.116. The second-order valence-electron chi connectivity index (χ2n) is 5.50. The highest BCUT2D eigenvalue weighted by molar-refractivity contribution is 6.31. The van der Waals surface area contributed by atoms with Gasteiger partial charge >= 0.3 is 0 Å². The molecular formula is C15H24Cl3N3O.